The number of piperazine rings is 1. The minimum atomic E-state index is -0.851. The first kappa shape index (κ1) is 28.7. The molecule has 2 bridgehead atoms. The van der Waals surface area contributed by atoms with Crippen LogP contribution in [0.5, 0.6) is 6.01 Å². The summed E-state index contributed by atoms with van der Waals surface area (Å²) in [6.07, 6.45) is 13.2. The van der Waals surface area contributed by atoms with E-state index < -0.39 is 12.0 Å². The lowest BCUT2D eigenvalue weighted by Crippen LogP contribution is -2.53. The molecule has 0 spiro atoms. The molecule has 9 nitrogen and oxygen atoms in total. The summed E-state index contributed by atoms with van der Waals surface area (Å²) < 4.78 is 38.2. The van der Waals surface area contributed by atoms with E-state index in [1.54, 1.807) is 18.3 Å². The lowest BCUT2D eigenvalue weighted by atomic mass is 9.94. The molecule has 2 N–H and O–H groups in total. The molecule has 5 aromatic rings. The second-order valence-electron chi connectivity index (χ2n) is 13.9. The van der Waals surface area contributed by atoms with Gasteiger partial charge in [-0.05, 0) is 74.5 Å². The van der Waals surface area contributed by atoms with Gasteiger partial charge in [0.05, 0.1) is 16.6 Å². The number of likely N-dealkylation sites (tertiary alicyclic amines) is 1. The molecule has 9 rings (SSSR count). The Kier molecular flexibility index (Phi) is 6.40. The number of rotatable bonds is 5. The molecule has 3 aromatic heterocycles. The fourth-order valence-corrected chi connectivity index (χ4v) is 9.02. The van der Waals surface area contributed by atoms with Crippen LogP contribution in [0, 0.1) is 18.2 Å². The van der Waals surface area contributed by atoms with Crippen molar-refractivity contribution in [1.29, 1.82) is 0 Å². The first-order chi connectivity index (χ1) is 22.8. The number of likely N-dealkylation sites (N-methyl/N-ethyl adjacent to an activating group) is 1. The fraction of sp³-hybridized carbons (Fsp3) is 0.417. The van der Waals surface area contributed by atoms with E-state index in [9.17, 15) is 4.39 Å². The molecule has 4 aliphatic heterocycles. The van der Waals surface area contributed by atoms with Gasteiger partial charge in [-0.1, -0.05) is 12.0 Å². The number of benzene rings is 2. The Hall–Kier alpha value is -4.53. The van der Waals surface area contributed by atoms with E-state index in [0.717, 1.165) is 67.6 Å². The van der Waals surface area contributed by atoms with Crippen molar-refractivity contribution in [3.8, 4) is 29.5 Å². The molecular weight excluding hydrogens is 598 g/mol. The normalized spacial score (nSPS) is 26.1. The van der Waals surface area contributed by atoms with Crippen molar-refractivity contribution in [3.63, 3.8) is 0 Å². The number of nitrogen functional groups attached to an aromatic ring is 1. The van der Waals surface area contributed by atoms with Crippen LogP contribution in [0.2, 0.25) is 0 Å². The van der Waals surface area contributed by atoms with Gasteiger partial charge in [0.1, 0.15) is 29.8 Å². The maximum atomic E-state index is 15.1. The van der Waals surface area contributed by atoms with Crippen LogP contribution in [-0.4, -0.2) is 92.8 Å². The summed E-state index contributed by atoms with van der Waals surface area (Å²) in [5, 5.41) is 1.33. The van der Waals surface area contributed by atoms with E-state index in [0.29, 0.717) is 59.5 Å². The first-order valence-corrected chi connectivity index (χ1v) is 16.5. The van der Waals surface area contributed by atoms with Gasteiger partial charge in [0, 0.05) is 67.2 Å². The van der Waals surface area contributed by atoms with Gasteiger partial charge in [-0.3, -0.25) is 9.30 Å². The van der Waals surface area contributed by atoms with Crippen molar-refractivity contribution >= 4 is 39.0 Å². The molecule has 0 amide bonds. The molecule has 7 heterocycles. The third kappa shape index (κ3) is 4.38. The van der Waals surface area contributed by atoms with Crippen molar-refractivity contribution in [2.45, 2.75) is 55.9 Å². The van der Waals surface area contributed by atoms with Gasteiger partial charge in [-0.15, -0.1) is 6.42 Å². The number of anilines is 2. The van der Waals surface area contributed by atoms with Crippen LogP contribution in [0.1, 0.15) is 37.7 Å². The van der Waals surface area contributed by atoms with E-state index in [4.69, 9.17) is 31.8 Å². The summed E-state index contributed by atoms with van der Waals surface area (Å²) in [5.41, 5.74) is 10.3. The number of pyridine rings is 1. The molecule has 11 heteroatoms. The minimum absolute atomic E-state index is 0.173. The Balaban J connectivity index is 1.26. The highest BCUT2D eigenvalue weighted by Crippen LogP contribution is 2.43. The lowest BCUT2D eigenvalue weighted by Gasteiger charge is -2.40. The number of alkyl halides is 1. The van der Waals surface area contributed by atoms with E-state index in [1.165, 1.54) is 6.07 Å². The van der Waals surface area contributed by atoms with Gasteiger partial charge in [0.2, 0.25) is 0 Å². The summed E-state index contributed by atoms with van der Waals surface area (Å²) in [7, 11) is 2.17. The second-order valence-corrected chi connectivity index (χ2v) is 13.9. The van der Waals surface area contributed by atoms with Crippen molar-refractivity contribution in [2.75, 3.05) is 50.5 Å². The monoisotopic (exact) mass is 634 g/mol. The fourth-order valence-electron chi connectivity index (χ4n) is 9.02. The van der Waals surface area contributed by atoms with E-state index in [-0.39, 0.29) is 17.1 Å². The molecule has 0 unspecified atom stereocenters. The maximum Gasteiger partial charge on any atom is 0.319 e. The lowest BCUT2D eigenvalue weighted by molar-refractivity contribution is 0.107. The van der Waals surface area contributed by atoms with Crippen LogP contribution in [0.3, 0.4) is 0 Å². The van der Waals surface area contributed by atoms with E-state index in [2.05, 4.69) is 27.7 Å². The standard InChI is InChI=1S/C36H36F2N8O/c1-3-26-29(38)8-5-21-13-23(39)14-27(31(21)26)28-15-30-32(45-12-10-40-33(28)45)34(46-24-6-7-25(46)19-43(2)18-24)42-35(41-30)47-20-36-9-4-11-44(36)17-22(37)16-36/h1,5,8,10,12-15,22,24-25H,4,6-7,9,11,16-20,39H2,2H3/t22-,24-,25+,36+/m1/s1. The van der Waals surface area contributed by atoms with E-state index in [1.807, 2.05) is 22.7 Å². The molecule has 0 radical (unpaired) electrons. The van der Waals surface area contributed by atoms with Gasteiger partial charge in [0.15, 0.2) is 5.82 Å². The summed E-state index contributed by atoms with van der Waals surface area (Å²) in [5.74, 6) is 2.90. The van der Waals surface area contributed by atoms with Crippen LogP contribution in [0.15, 0.2) is 42.7 Å². The molecule has 0 saturated carbocycles. The van der Waals surface area contributed by atoms with Crippen molar-refractivity contribution in [1.82, 2.24) is 29.2 Å². The zero-order valence-electron chi connectivity index (χ0n) is 26.3. The molecule has 4 saturated heterocycles. The predicted octanol–water partition coefficient (Wildman–Crippen LogP) is 5.04. The summed E-state index contributed by atoms with van der Waals surface area (Å²) in [6, 6.07) is 9.53. The molecule has 4 aliphatic rings. The Bertz CT molecular complexity index is 2110. The van der Waals surface area contributed by atoms with Crippen LogP contribution in [0.25, 0.3) is 38.6 Å². The minimum Gasteiger partial charge on any atom is -0.461 e. The summed E-state index contributed by atoms with van der Waals surface area (Å²) >= 11 is 0. The summed E-state index contributed by atoms with van der Waals surface area (Å²) in [6.45, 7) is 3.55. The molecule has 2 aromatic carbocycles. The number of imidazole rings is 1. The number of nitrogens with zero attached hydrogens (tertiary/aromatic N) is 7. The topological polar surface area (TPSA) is 88.0 Å². The maximum absolute atomic E-state index is 15.1. The molecule has 4 fully saturated rings. The van der Waals surface area contributed by atoms with Crippen LogP contribution < -0.4 is 15.4 Å². The molecular formula is C36H36F2N8O. The number of halogens is 2. The highest BCUT2D eigenvalue weighted by Gasteiger charge is 2.49. The number of aromatic nitrogens is 4. The van der Waals surface area contributed by atoms with Crippen molar-refractivity contribution < 1.29 is 13.5 Å². The third-order valence-electron chi connectivity index (χ3n) is 10.9. The van der Waals surface area contributed by atoms with Crippen LogP contribution in [0.4, 0.5) is 20.3 Å². The quantitative estimate of drug-likeness (QED) is 0.213. The Morgan fingerprint density at radius 2 is 1.94 bits per heavy atom. The van der Waals surface area contributed by atoms with Crippen LogP contribution in [-0.2, 0) is 0 Å². The number of ether oxygens (including phenoxy) is 1. The zero-order valence-corrected chi connectivity index (χ0v) is 26.3. The molecule has 0 aliphatic carbocycles. The van der Waals surface area contributed by atoms with E-state index >= 15 is 4.39 Å². The Labute approximate surface area is 271 Å². The summed E-state index contributed by atoms with van der Waals surface area (Å²) in [4.78, 5) is 22.0. The number of hydrogen-bond acceptors (Lipinski definition) is 8. The van der Waals surface area contributed by atoms with Crippen LogP contribution >= 0.6 is 0 Å². The number of fused-ring (bicyclic) bond motifs is 7. The molecule has 240 valence electrons. The largest absolute Gasteiger partial charge is 0.461 e. The van der Waals surface area contributed by atoms with Gasteiger partial charge in [-0.25, -0.2) is 13.8 Å². The van der Waals surface area contributed by atoms with Gasteiger partial charge in [0.25, 0.3) is 0 Å². The Morgan fingerprint density at radius 1 is 1.11 bits per heavy atom. The Morgan fingerprint density at radius 3 is 2.74 bits per heavy atom. The number of nitrogens with two attached hydrogens (primary N) is 1. The van der Waals surface area contributed by atoms with Gasteiger partial charge >= 0.3 is 6.01 Å². The predicted molar refractivity (Wildman–Crippen MR) is 179 cm³/mol. The smallest absolute Gasteiger partial charge is 0.319 e. The van der Waals surface area contributed by atoms with Gasteiger partial charge < -0.3 is 20.3 Å². The van der Waals surface area contributed by atoms with Crippen molar-refractivity contribution in [3.05, 3.63) is 54.1 Å². The molecule has 47 heavy (non-hydrogen) atoms. The average molecular weight is 635 g/mol. The average Bonchev–Trinajstić information content (AvgIpc) is 3.81. The number of terminal acetylenes is 1. The highest BCUT2D eigenvalue weighted by molar-refractivity contribution is 6.07. The first-order valence-electron chi connectivity index (χ1n) is 16.5. The highest BCUT2D eigenvalue weighted by atomic mass is 19.1. The zero-order chi connectivity index (χ0) is 32.0. The van der Waals surface area contributed by atoms with Crippen molar-refractivity contribution in [2.24, 2.45) is 0 Å². The second kappa shape index (κ2) is 10.5. The molecule has 4 atom stereocenters. The SMILES string of the molecule is C#Cc1c(F)ccc2cc(N)cc(-c3cc4nc(OC[C@@]56CCCN5C[C@H](F)C6)nc(N5[C@@H]6CC[C@H]5CN(C)C6)c4n4ccnc34)c12. The number of hydrogen-bond donors (Lipinski definition) is 1. The third-order valence-corrected chi connectivity index (χ3v) is 10.9. The van der Waals surface area contributed by atoms with Gasteiger partial charge in [-0.2, -0.15) is 9.97 Å².